The molecule has 0 aliphatic heterocycles. The van der Waals surface area contributed by atoms with Crippen LogP contribution in [0.25, 0.3) is 0 Å². The fourth-order valence-electron chi connectivity index (χ4n) is 1.81. The van der Waals surface area contributed by atoms with E-state index in [4.69, 9.17) is 16.7 Å². The van der Waals surface area contributed by atoms with Crippen molar-refractivity contribution in [2.45, 2.75) is 33.1 Å². The number of carboxylic acids is 1. The third-order valence-corrected chi connectivity index (χ3v) is 3.18. The topological polar surface area (TPSA) is 55.1 Å². The SMILES string of the molecule is CCCC(Cc1c(C)nn(C)c1Cl)C(=O)O. The van der Waals surface area contributed by atoms with Gasteiger partial charge < -0.3 is 5.11 Å². The summed E-state index contributed by atoms with van der Waals surface area (Å²) in [7, 11) is 1.76. The minimum absolute atomic E-state index is 0.370. The van der Waals surface area contributed by atoms with Crippen molar-refractivity contribution in [3.63, 3.8) is 0 Å². The van der Waals surface area contributed by atoms with Gasteiger partial charge in [-0.15, -0.1) is 0 Å². The molecule has 0 amide bonds. The van der Waals surface area contributed by atoms with Crippen LogP contribution >= 0.6 is 11.6 Å². The first-order valence-corrected chi connectivity index (χ1v) is 5.75. The molecule has 1 aromatic rings. The molecule has 1 unspecified atom stereocenters. The smallest absolute Gasteiger partial charge is 0.306 e. The van der Waals surface area contributed by atoms with Crippen molar-refractivity contribution < 1.29 is 9.90 Å². The molecule has 90 valence electrons. The Kier molecular flexibility index (Phi) is 4.35. The Bertz CT molecular complexity index is 388. The zero-order valence-electron chi connectivity index (χ0n) is 9.83. The number of halogens is 1. The number of aromatic nitrogens is 2. The summed E-state index contributed by atoms with van der Waals surface area (Å²) in [6.07, 6.45) is 1.98. The van der Waals surface area contributed by atoms with E-state index in [9.17, 15) is 4.79 Å². The van der Waals surface area contributed by atoms with Gasteiger partial charge in [-0.05, 0) is 19.8 Å². The number of nitrogens with zero attached hydrogens (tertiary/aromatic N) is 2. The zero-order valence-corrected chi connectivity index (χ0v) is 10.6. The fraction of sp³-hybridized carbons (Fsp3) is 0.636. The molecule has 1 N–H and O–H groups in total. The molecule has 0 radical (unpaired) electrons. The van der Waals surface area contributed by atoms with Crippen molar-refractivity contribution in [2.24, 2.45) is 13.0 Å². The van der Waals surface area contributed by atoms with Gasteiger partial charge in [0.25, 0.3) is 0 Å². The summed E-state index contributed by atoms with van der Waals surface area (Å²) in [5, 5.41) is 13.8. The Morgan fingerprint density at radius 1 is 1.62 bits per heavy atom. The van der Waals surface area contributed by atoms with Crippen LogP contribution in [0, 0.1) is 12.8 Å². The highest BCUT2D eigenvalue weighted by Crippen LogP contribution is 2.24. The molecule has 0 spiro atoms. The minimum Gasteiger partial charge on any atom is -0.481 e. The summed E-state index contributed by atoms with van der Waals surface area (Å²) in [4.78, 5) is 11.1. The predicted molar refractivity (Wildman–Crippen MR) is 62.7 cm³/mol. The predicted octanol–water partition coefficient (Wildman–Crippen LogP) is 2.43. The first kappa shape index (κ1) is 13.0. The number of aliphatic carboxylic acids is 1. The van der Waals surface area contributed by atoms with Crippen LogP contribution in [0.5, 0.6) is 0 Å². The van der Waals surface area contributed by atoms with Gasteiger partial charge in [0.2, 0.25) is 0 Å². The van der Waals surface area contributed by atoms with Crippen molar-refractivity contribution in [3.8, 4) is 0 Å². The maximum absolute atomic E-state index is 11.1. The Labute approximate surface area is 100 Å². The summed E-state index contributed by atoms with van der Waals surface area (Å²) in [5.74, 6) is -1.13. The first-order chi connectivity index (χ1) is 7.47. The number of rotatable bonds is 5. The van der Waals surface area contributed by atoms with E-state index in [0.717, 1.165) is 17.7 Å². The van der Waals surface area contributed by atoms with Crippen LogP contribution in [0.4, 0.5) is 0 Å². The lowest BCUT2D eigenvalue weighted by Gasteiger charge is -2.10. The maximum atomic E-state index is 11.1. The summed E-state index contributed by atoms with van der Waals surface area (Å²) < 4.78 is 1.58. The lowest BCUT2D eigenvalue weighted by molar-refractivity contribution is -0.141. The largest absolute Gasteiger partial charge is 0.481 e. The Hall–Kier alpha value is -1.03. The highest BCUT2D eigenvalue weighted by molar-refractivity contribution is 6.30. The summed E-state index contributed by atoms with van der Waals surface area (Å²) >= 11 is 6.07. The van der Waals surface area contributed by atoms with Crippen molar-refractivity contribution in [3.05, 3.63) is 16.4 Å². The summed E-state index contributed by atoms with van der Waals surface area (Å²) in [6.45, 7) is 3.83. The van der Waals surface area contributed by atoms with Crippen molar-refractivity contribution in [1.82, 2.24) is 9.78 Å². The average molecular weight is 245 g/mol. The number of aryl methyl sites for hydroxylation is 2. The highest BCUT2D eigenvalue weighted by atomic mass is 35.5. The van der Waals surface area contributed by atoms with E-state index >= 15 is 0 Å². The van der Waals surface area contributed by atoms with Crippen LogP contribution < -0.4 is 0 Å². The third kappa shape index (κ3) is 2.76. The van der Waals surface area contributed by atoms with Crippen molar-refractivity contribution in [2.75, 3.05) is 0 Å². The molecule has 0 bridgehead atoms. The second-order valence-electron chi connectivity index (χ2n) is 4.01. The maximum Gasteiger partial charge on any atom is 0.306 e. The van der Waals surface area contributed by atoms with Gasteiger partial charge >= 0.3 is 5.97 Å². The van der Waals surface area contributed by atoms with Crippen LogP contribution in [0.2, 0.25) is 5.15 Å². The second-order valence-corrected chi connectivity index (χ2v) is 4.36. The molecule has 0 aromatic carbocycles. The molecule has 0 fully saturated rings. The van der Waals surface area contributed by atoms with Gasteiger partial charge in [-0.2, -0.15) is 5.10 Å². The van der Waals surface area contributed by atoms with Gasteiger partial charge in [0.15, 0.2) is 0 Å². The molecule has 4 nitrogen and oxygen atoms in total. The lowest BCUT2D eigenvalue weighted by Crippen LogP contribution is -2.16. The molecule has 0 saturated carbocycles. The van der Waals surface area contributed by atoms with Crippen LogP contribution in [0.3, 0.4) is 0 Å². The van der Waals surface area contributed by atoms with Crippen LogP contribution in [0.1, 0.15) is 31.0 Å². The molecule has 16 heavy (non-hydrogen) atoms. The molecule has 1 atom stereocenters. The minimum atomic E-state index is -0.763. The average Bonchev–Trinajstić information content (AvgIpc) is 2.43. The molecule has 0 saturated heterocycles. The van der Waals surface area contributed by atoms with E-state index < -0.39 is 5.97 Å². The summed E-state index contributed by atoms with van der Waals surface area (Å²) in [5.41, 5.74) is 1.67. The number of carbonyl (C=O) groups is 1. The lowest BCUT2D eigenvalue weighted by atomic mass is 9.95. The third-order valence-electron chi connectivity index (χ3n) is 2.71. The van der Waals surface area contributed by atoms with Crippen LogP contribution in [0.15, 0.2) is 0 Å². The molecule has 1 heterocycles. The van der Waals surface area contributed by atoms with Crippen LogP contribution in [-0.4, -0.2) is 20.9 Å². The first-order valence-electron chi connectivity index (χ1n) is 5.38. The van der Waals surface area contributed by atoms with Gasteiger partial charge in [0.1, 0.15) is 5.15 Å². The van der Waals surface area contributed by atoms with E-state index in [1.54, 1.807) is 11.7 Å². The molecule has 5 heteroatoms. The van der Waals surface area contributed by atoms with Gasteiger partial charge in [-0.25, -0.2) is 0 Å². The van der Waals surface area contributed by atoms with Gasteiger partial charge in [-0.3, -0.25) is 9.48 Å². The summed E-state index contributed by atoms with van der Waals surface area (Å²) in [6, 6.07) is 0. The molecular weight excluding hydrogens is 228 g/mol. The van der Waals surface area contributed by atoms with E-state index in [1.165, 1.54) is 0 Å². The standard InChI is InChI=1S/C11H17ClN2O2/c1-4-5-8(11(15)16)6-9-7(2)13-14(3)10(9)12/h8H,4-6H2,1-3H3,(H,15,16). The van der Waals surface area contributed by atoms with Crippen molar-refractivity contribution in [1.29, 1.82) is 0 Å². The highest BCUT2D eigenvalue weighted by Gasteiger charge is 2.21. The van der Waals surface area contributed by atoms with Crippen LogP contribution in [-0.2, 0) is 18.3 Å². The molecule has 0 aliphatic rings. The van der Waals surface area contributed by atoms with Gasteiger partial charge in [0.05, 0.1) is 11.6 Å². The molecule has 1 rings (SSSR count). The molecule has 1 aromatic heterocycles. The number of hydrogen-bond acceptors (Lipinski definition) is 2. The van der Waals surface area contributed by atoms with E-state index in [1.807, 2.05) is 13.8 Å². The Balaban J connectivity index is 2.88. The van der Waals surface area contributed by atoms with Gasteiger partial charge in [-0.1, -0.05) is 24.9 Å². The zero-order chi connectivity index (χ0) is 12.3. The van der Waals surface area contributed by atoms with E-state index in [2.05, 4.69) is 5.10 Å². The monoisotopic (exact) mass is 244 g/mol. The second kappa shape index (κ2) is 5.34. The molecule has 0 aliphatic carbocycles. The number of carboxylic acid groups (broad SMARTS) is 1. The molecular formula is C11H17ClN2O2. The number of hydrogen-bond donors (Lipinski definition) is 1. The Morgan fingerprint density at radius 2 is 2.25 bits per heavy atom. The van der Waals surface area contributed by atoms with Crippen molar-refractivity contribution >= 4 is 17.6 Å². The van der Waals surface area contributed by atoms with E-state index in [-0.39, 0.29) is 5.92 Å². The van der Waals surface area contributed by atoms with E-state index in [0.29, 0.717) is 18.0 Å². The Morgan fingerprint density at radius 3 is 2.62 bits per heavy atom. The van der Waals surface area contributed by atoms with Gasteiger partial charge in [0, 0.05) is 12.6 Å². The fourth-order valence-corrected chi connectivity index (χ4v) is 2.07. The quantitative estimate of drug-likeness (QED) is 0.866. The normalized spacial score (nSPS) is 12.8.